The first-order valence-electron chi connectivity index (χ1n) is 7.44. The van der Waals surface area contributed by atoms with Gasteiger partial charge in [0.15, 0.2) is 5.96 Å². The van der Waals surface area contributed by atoms with E-state index in [9.17, 15) is 4.79 Å². The van der Waals surface area contributed by atoms with Crippen molar-refractivity contribution in [1.82, 2.24) is 10.2 Å². The molecule has 1 atom stereocenters. The van der Waals surface area contributed by atoms with Crippen LogP contribution in [0.2, 0.25) is 0 Å². The molecule has 0 aromatic carbocycles. The molecule has 1 amide bonds. The number of primary amides is 1. The van der Waals surface area contributed by atoms with Gasteiger partial charge in [0.25, 0.3) is 0 Å². The smallest absolute Gasteiger partial charge is 0.217 e. The Morgan fingerprint density at radius 1 is 1.62 bits per heavy atom. The zero-order valence-electron chi connectivity index (χ0n) is 12.5. The number of aliphatic imine (C=N–C) groups is 1. The Balaban J connectivity index is 1.81. The summed E-state index contributed by atoms with van der Waals surface area (Å²) in [4.78, 5) is 17.7. The second-order valence-corrected chi connectivity index (χ2v) is 6.26. The number of nitrogens with zero attached hydrogens (tertiary/aromatic N) is 2. The molecule has 1 unspecified atom stereocenters. The predicted octanol–water partition coefficient (Wildman–Crippen LogP) is 1.45. The minimum Gasteiger partial charge on any atom is -0.370 e. The Morgan fingerprint density at radius 2 is 2.48 bits per heavy atom. The van der Waals surface area contributed by atoms with Crippen LogP contribution in [0, 0.1) is 5.92 Å². The second-order valence-electron chi connectivity index (χ2n) is 5.48. The maximum Gasteiger partial charge on any atom is 0.217 e. The molecule has 1 aliphatic heterocycles. The van der Waals surface area contributed by atoms with E-state index in [1.165, 1.54) is 5.56 Å². The number of thiophene rings is 1. The van der Waals surface area contributed by atoms with Crippen LogP contribution >= 0.6 is 11.3 Å². The Morgan fingerprint density at radius 3 is 3.14 bits per heavy atom. The fourth-order valence-corrected chi connectivity index (χ4v) is 3.50. The van der Waals surface area contributed by atoms with Crippen molar-refractivity contribution in [2.45, 2.75) is 25.7 Å². The first-order valence-corrected chi connectivity index (χ1v) is 8.38. The highest BCUT2D eigenvalue weighted by Crippen LogP contribution is 2.19. The molecule has 2 rings (SSSR count). The second kappa shape index (κ2) is 8.02. The van der Waals surface area contributed by atoms with Crippen LogP contribution in [0.1, 0.15) is 24.8 Å². The third-order valence-electron chi connectivity index (χ3n) is 3.80. The predicted molar refractivity (Wildman–Crippen MR) is 87.5 cm³/mol. The van der Waals surface area contributed by atoms with Gasteiger partial charge >= 0.3 is 0 Å². The van der Waals surface area contributed by atoms with Crippen molar-refractivity contribution in [2.75, 3.05) is 26.7 Å². The number of carbonyl (C=O) groups is 1. The summed E-state index contributed by atoms with van der Waals surface area (Å²) in [5.41, 5.74) is 6.66. The van der Waals surface area contributed by atoms with E-state index in [2.05, 4.69) is 32.0 Å². The van der Waals surface area contributed by atoms with E-state index in [1.54, 1.807) is 11.3 Å². The Kier molecular flexibility index (Phi) is 6.04. The minimum absolute atomic E-state index is 0.206. The highest BCUT2D eigenvalue weighted by molar-refractivity contribution is 7.07. The van der Waals surface area contributed by atoms with Crippen LogP contribution in [-0.4, -0.2) is 43.4 Å². The van der Waals surface area contributed by atoms with E-state index in [0.29, 0.717) is 12.3 Å². The molecule has 0 aliphatic carbocycles. The van der Waals surface area contributed by atoms with Gasteiger partial charge < -0.3 is 16.0 Å². The van der Waals surface area contributed by atoms with Crippen LogP contribution in [-0.2, 0) is 11.2 Å². The van der Waals surface area contributed by atoms with E-state index in [-0.39, 0.29) is 5.91 Å². The number of guanidine groups is 1. The van der Waals surface area contributed by atoms with Gasteiger partial charge in [0.2, 0.25) is 5.91 Å². The maximum absolute atomic E-state index is 11.1. The van der Waals surface area contributed by atoms with Gasteiger partial charge in [0, 0.05) is 33.1 Å². The van der Waals surface area contributed by atoms with Crippen molar-refractivity contribution >= 4 is 23.2 Å². The molecule has 1 aromatic heterocycles. The fourth-order valence-electron chi connectivity index (χ4n) is 2.79. The van der Waals surface area contributed by atoms with Crippen LogP contribution in [0.4, 0.5) is 0 Å². The van der Waals surface area contributed by atoms with Crippen molar-refractivity contribution in [2.24, 2.45) is 16.6 Å². The van der Waals surface area contributed by atoms with Crippen molar-refractivity contribution in [3.05, 3.63) is 22.4 Å². The summed E-state index contributed by atoms with van der Waals surface area (Å²) in [5, 5.41) is 7.69. The molecule has 1 aromatic rings. The summed E-state index contributed by atoms with van der Waals surface area (Å²) in [7, 11) is 1.81. The molecule has 3 N–H and O–H groups in total. The molecule has 0 radical (unpaired) electrons. The first kappa shape index (κ1) is 15.8. The lowest BCUT2D eigenvalue weighted by Crippen LogP contribution is -2.47. The molecule has 0 saturated carbocycles. The number of hydrogen-bond acceptors (Lipinski definition) is 3. The van der Waals surface area contributed by atoms with Gasteiger partial charge in [-0.2, -0.15) is 11.3 Å². The monoisotopic (exact) mass is 308 g/mol. The number of piperidine rings is 1. The molecule has 1 aliphatic rings. The van der Waals surface area contributed by atoms with Crippen molar-refractivity contribution in [3.8, 4) is 0 Å². The van der Waals surface area contributed by atoms with E-state index in [0.717, 1.165) is 44.9 Å². The van der Waals surface area contributed by atoms with E-state index < -0.39 is 0 Å². The van der Waals surface area contributed by atoms with E-state index in [4.69, 9.17) is 5.73 Å². The lowest BCUT2D eigenvalue weighted by atomic mass is 9.95. The topological polar surface area (TPSA) is 70.7 Å². The molecule has 116 valence electrons. The molecule has 21 heavy (non-hydrogen) atoms. The Hall–Kier alpha value is -1.56. The molecule has 1 saturated heterocycles. The van der Waals surface area contributed by atoms with Gasteiger partial charge in [-0.1, -0.05) is 0 Å². The standard InChI is InChI=1S/C15H24N4OS/c1-17-15(18-6-4-12-5-8-21-11-12)19-7-2-3-13(10-19)9-14(16)20/h5,8,11,13H,2-4,6-7,9-10H2,1H3,(H2,16,20)(H,17,18). The molecule has 0 spiro atoms. The summed E-state index contributed by atoms with van der Waals surface area (Å²) in [6, 6.07) is 2.15. The van der Waals surface area contributed by atoms with E-state index >= 15 is 0 Å². The van der Waals surface area contributed by atoms with Crippen molar-refractivity contribution in [1.29, 1.82) is 0 Å². The summed E-state index contributed by atoms with van der Waals surface area (Å²) in [5.74, 6) is 1.08. The van der Waals surface area contributed by atoms with Gasteiger partial charge in [-0.25, -0.2) is 0 Å². The third-order valence-corrected chi connectivity index (χ3v) is 4.53. The number of carbonyl (C=O) groups excluding carboxylic acids is 1. The number of hydrogen-bond donors (Lipinski definition) is 2. The zero-order valence-corrected chi connectivity index (χ0v) is 13.4. The zero-order chi connectivity index (χ0) is 15.1. The van der Waals surface area contributed by atoms with Gasteiger partial charge in [-0.15, -0.1) is 0 Å². The van der Waals surface area contributed by atoms with E-state index in [1.807, 2.05) is 7.05 Å². The van der Waals surface area contributed by atoms with Crippen LogP contribution < -0.4 is 11.1 Å². The molecule has 0 bridgehead atoms. The number of amides is 1. The van der Waals surface area contributed by atoms with Crippen LogP contribution in [0.15, 0.2) is 21.8 Å². The highest BCUT2D eigenvalue weighted by atomic mass is 32.1. The van der Waals surface area contributed by atoms with Gasteiger partial charge in [-0.3, -0.25) is 9.79 Å². The number of nitrogens with one attached hydrogen (secondary N) is 1. The summed E-state index contributed by atoms with van der Waals surface area (Å²) < 4.78 is 0. The fraction of sp³-hybridized carbons (Fsp3) is 0.600. The Bertz CT molecular complexity index is 472. The van der Waals surface area contributed by atoms with Gasteiger partial charge in [-0.05, 0) is 47.6 Å². The lowest BCUT2D eigenvalue weighted by molar-refractivity contribution is -0.119. The number of likely N-dealkylation sites (tertiary alicyclic amines) is 1. The van der Waals surface area contributed by atoms with Crippen LogP contribution in [0.3, 0.4) is 0 Å². The Labute approximate surface area is 130 Å². The van der Waals surface area contributed by atoms with Crippen molar-refractivity contribution in [3.63, 3.8) is 0 Å². The van der Waals surface area contributed by atoms with Gasteiger partial charge in [0.05, 0.1) is 0 Å². The highest BCUT2D eigenvalue weighted by Gasteiger charge is 2.23. The molecular formula is C15H24N4OS. The molecular weight excluding hydrogens is 284 g/mol. The minimum atomic E-state index is -0.206. The van der Waals surface area contributed by atoms with Gasteiger partial charge in [0.1, 0.15) is 0 Å². The third kappa shape index (κ3) is 5.04. The normalized spacial score (nSPS) is 19.6. The lowest BCUT2D eigenvalue weighted by Gasteiger charge is -2.34. The largest absolute Gasteiger partial charge is 0.370 e. The van der Waals surface area contributed by atoms with Crippen LogP contribution in [0.25, 0.3) is 0 Å². The molecule has 2 heterocycles. The molecule has 5 nitrogen and oxygen atoms in total. The molecule has 6 heteroatoms. The first-order chi connectivity index (χ1) is 10.2. The quantitative estimate of drug-likeness (QED) is 0.639. The maximum atomic E-state index is 11.1. The SMILES string of the molecule is CN=C(NCCc1ccsc1)N1CCCC(CC(N)=O)C1. The average Bonchev–Trinajstić information content (AvgIpc) is 2.96. The summed E-state index contributed by atoms with van der Waals surface area (Å²) in [6.45, 7) is 2.73. The number of nitrogens with two attached hydrogens (primary N) is 1. The summed E-state index contributed by atoms with van der Waals surface area (Å²) in [6.07, 6.45) is 3.64. The van der Waals surface area contributed by atoms with Crippen LogP contribution in [0.5, 0.6) is 0 Å². The molecule has 1 fully saturated rings. The van der Waals surface area contributed by atoms with Crippen molar-refractivity contribution < 1.29 is 4.79 Å². The number of rotatable bonds is 5. The average molecular weight is 308 g/mol. The summed E-state index contributed by atoms with van der Waals surface area (Å²) >= 11 is 1.73.